The Hall–Kier alpha value is -7.43. The predicted molar refractivity (Wildman–Crippen MR) is 234 cm³/mol. The van der Waals surface area contributed by atoms with Crippen LogP contribution in [0.25, 0.3) is 78.1 Å². The molecule has 7 aromatic carbocycles. The van der Waals surface area contributed by atoms with E-state index in [0.717, 1.165) is 27.9 Å². The maximum Gasteiger partial charge on any atom is 0.164 e. The first-order chi connectivity index (χ1) is 28.2. The van der Waals surface area contributed by atoms with E-state index in [2.05, 4.69) is 145 Å². The molecule has 9 aromatic rings. The molecule has 11 rings (SSSR count). The molecule has 4 heteroatoms. The number of nitrogens with zero attached hydrogens (tertiary/aromatic N) is 4. The van der Waals surface area contributed by atoms with Crippen LogP contribution in [-0.4, -0.2) is 19.5 Å². The Labute approximate surface area is 331 Å². The van der Waals surface area contributed by atoms with Crippen molar-refractivity contribution in [3.8, 4) is 50.7 Å². The second kappa shape index (κ2) is 12.8. The van der Waals surface area contributed by atoms with Gasteiger partial charge in [-0.05, 0) is 69.6 Å². The smallest absolute Gasteiger partial charge is 0.164 e. The topological polar surface area (TPSA) is 43.6 Å². The van der Waals surface area contributed by atoms with Crippen molar-refractivity contribution in [2.45, 2.75) is 12.3 Å². The van der Waals surface area contributed by atoms with Crippen LogP contribution in [0.15, 0.2) is 195 Å². The van der Waals surface area contributed by atoms with E-state index in [1.165, 1.54) is 60.8 Å². The number of fused-ring (bicyclic) bond motifs is 14. The van der Waals surface area contributed by atoms with Gasteiger partial charge >= 0.3 is 0 Å². The molecule has 2 heterocycles. The minimum atomic E-state index is -0.433. The Balaban J connectivity index is 1.18. The van der Waals surface area contributed by atoms with E-state index in [0.29, 0.717) is 17.5 Å². The summed E-state index contributed by atoms with van der Waals surface area (Å²) in [6.07, 6.45) is 7.63. The summed E-state index contributed by atoms with van der Waals surface area (Å²) in [5, 5.41) is 2.44. The standard InChI is InChI=1S/C53H36N4/c1-3-4-6-18-34(2)50-54-51(35-19-7-5-8-20-35)56-52(55-50)36-21-17-22-37(33-36)57-47-30-16-12-25-40(47)41-31-32-46-48(49(41)57)42-26-11-15-29-45(42)53(46)43-27-13-9-23-38(43)39-24-10-14-28-44(39)53/h3-33H,1H2,2H3/b6-4-,34-18+. The average Bonchev–Trinajstić information content (AvgIpc) is 3.88. The molecule has 4 nitrogen and oxygen atoms in total. The third kappa shape index (κ3) is 4.77. The lowest BCUT2D eigenvalue weighted by molar-refractivity contribution is 0.794. The van der Waals surface area contributed by atoms with Gasteiger partial charge in [0, 0.05) is 33.2 Å². The number of rotatable bonds is 6. The van der Waals surface area contributed by atoms with Crippen LogP contribution in [0.1, 0.15) is 35.0 Å². The summed E-state index contributed by atoms with van der Waals surface area (Å²) >= 11 is 0. The Morgan fingerprint density at radius 3 is 1.89 bits per heavy atom. The van der Waals surface area contributed by atoms with E-state index in [4.69, 9.17) is 15.0 Å². The third-order valence-corrected chi connectivity index (χ3v) is 11.8. The van der Waals surface area contributed by atoms with Crippen molar-refractivity contribution in [1.29, 1.82) is 0 Å². The fourth-order valence-corrected chi connectivity index (χ4v) is 9.43. The van der Waals surface area contributed by atoms with Crippen LogP contribution in [0.5, 0.6) is 0 Å². The Morgan fingerprint density at radius 1 is 0.544 bits per heavy atom. The van der Waals surface area contributed by atoms with Gasteiger partial charge in [0.15, 0.2) is 17.5 Å². The molecule has 0 saturated carbocycles. The van der Waals surface area contributed by atoms with Gasteiger partial charge in [0.1, 0.15) is 0 Å². The summed E-state index contributed by atoms with van der Waals surface area (Å²) in [4.78, 5) is 15.1. The molecule has 0 radical (unpaired) electrons. The molecule has 268 valence electrons. The molecule has 0 N–H and O–H groups in total. The first-order valence-corrected chi connectivity index (χ1v) is 19.4. The van der Waals surface area contributed by atoms with Gasteiger partial charge in [0.25, 0.3) is 0 Å². The summed E-state index contributed by atoms with van der Waals surface area (Å²) in [6.45, 7) is 5.84. The zero-order chi connectivity index (χ0) is 38.1. The molecule has 0 fully saturated rings. The average molecular weight is 729 g/mol. The van der Waals surface area contributed by atoms with Gasteiger partial charge in [-0.25, -0.2) is 15.0 Å². The highest BCUT2D eigenvalue weighted by Crippen LogP contribution is 2.64. The molecule has 2 aliphatic rings. The van der Waals surface area contributed by atoms with Crippen LogP contribution in [0, 0.1) is 0 Å². The lowest BCUT2D eigenvalue weighted by atomic mass is 9.70. The number of aromatic nitrogens is 4. The van der Waals surface area contributed by atoms with Crippen LogP contribution in [0.2, 0.25) is 0 Å². The van der Waals surface area contributed by atoms with Gasteiger partial charge in [-0.2, -0.15) is 0 Å². The normalized spacial score (nSPS) is 13.6. The zero-order valence-corrected chi connectivity index (χ0v) is 31.4. The number of benzene rings is 7. The Morgan fingerprint density at radius 2 is 1.16 bits per heavy atom. The van der Waals surface area contributed by atoms with Gasteiger partial charge in [-0.15, -0.1) is 0 Å². The van der Waals surface area contributed by atoms with Crippen molar-refractivity contribution in [2.24, 2.45) is 0 Å². The highest BCUT2D eigenvalue weighted by atomic mass is 15.0. The molecule has 0 atom stereocenters. The lowest BCUT2D eigenvalue weighted by Gasteiger charge is -2.30. The summed E-state index contributed by atoms with van der Waals surface area (Å²) in [5.74, 6) is 1.89. The summed E-state index contributed by atoms with van der Waals surface area (Å²) in [6, 6.07) is 59.3. The minimum absolute atomic E-state index is 0.433. The van der Waals surface area contributed by atoms with Gasteiger partial charge in [0.05, 0.1) is 16.4 Å². The molecule has 0 saturated heterocycles. The second-order valence-electron chi connectivity index (χ2n) is 14.8. The third-order valence-electron chi connectivity index (χ3n) is 11.8. The first kappa shape index (κ1) is 33.0. The van der Waals surface area contributed by atoms with E-state index < -0.39 is 5.41 Å². The Bertz CT molecular complexity index is 3120. The molecular formula is C53H36N4. The molecular weight excluding hydrogens is 693 g/mol. The molecule has 2 aromatic heterocycles. The van der Waals surface area contributed by atoms with Crippen molar-refractivity contribution in [3.05, 3.63) is 223 Å². The largest absolute Gasteiger partial charge is 0.309 e. The number of para-hydroxylation sites is 1. The first-order valence-electron chi connectivity index (χ1n) is 19.4. The highest BCUT2D eigenvalue weighted by Gasteiger charge is 2.52. The van der Waals surface area contributed by atoms with E-state index in [1.54, 1.807) is 6.08 Å². The van der Waals surface area contributed by atoms with Gasteiger partial charge in [-0.3, -0.25) is 0 Å². The quantitative estimate of drug-likeness (QED) is 0.160. The summed E-state index contributed by atoms with van der Waals surface area (Å²) in [5.41, 5.74) is 16.2. The van der Waals surface area contributed by atoms with Crippen molar-refractivity contribution < 1.29 is 0 Å². The van der Waals surface area contributed by atoms with Crippen molar-refractivity contribution in [1.82, 2.24) is 19.5 Å². The predicted octanol–water partition coefficient (Wildman–Crippen LogP) is 12.8. The number of allylic oxidation sites excluding steroid dienone is 5. The Kier molecular flexibility index (Phi) is 7.42. The van der Waals surface area contributed by atoms with Crippen LogP contribution in [0.3, 0.4) is 0 Å². The van der Waals surface area contributed by atoms with Crippen LogP contribution in [0.4, 0.5) is 0 Å². The molecule has 2 aliphatic carbocycles. The van der Waals surface area contributed by atoms with Gasteiger partial charge in [0.2, 0.25) is 0 Å². The lowest BCUT2D eigenvalue weighted by Crippen LogP contribution is -2.25. The summed E-state index contributed by atoms with van der Waals surface area (Å²) in [7, 11) is 0. The summed E-state index contributed by atoms with van der Waals surface area (Å²) < 4.78 is 2.46. The number of hydrogen-bond acceptors (Lipinski definition) is 3. The molecule has 0 unspecified atom stereocenters. The molecule has 1 spiro atoms. The van der Waals surface area contributed by atoms with Gasteiger partial charge in [-0.1, -0.05) is 176 Å². The fourth-order valence-electron chi connectivity index (χ4n) is 9.43. The maximum absolute atomic E-state index is 5.09. The monoisotopic (exact) mass is 728 g/mol. The zero-order valence-electron chi connectivity index (χ0n) is 31.4. The molecule has 0 bridgehead atoms. The fraction of sp³-hybridized carbons (Fsp3) is 0.0377. The highest BCUT2D eigenvalue weighted by molar-refractivity contribution is 6.16. The maximum atomic E-state index is 5.09. The molecule has 0 amide bonds. The van der Waals surface area contributed by atoms with Crippen LogP contribution >= 0.6 is 0 Å². The molecule has 57 heavy (non-hydrogen) atoms. The minimum Gasteiger partial charge on any atom is -0.309 e. The van der Waals surface area contributed by atoms with Crippen molar-refractivity contribution in [2.75, 3.05) is 0 Å². The van der Waals surface area contributed by atoms with Crippen molar-refractivity contribution >= 4 is 27.4 Å². The van der Waals surface area contributed by atoms with E-state index in [9.17, 15) is 0 Å². The van der Waals surface area contributed by atoms with Crippen LogP contribution < -0.4 is 0 Å². The SMILES string of the molecule is C=C/C=C\C=C(/C)c1nc(-c2ccccc2)nc(-c2cccc(-n3c4ccccc4c4ccc5c(c43)-c3ccccc3C53c4ccccc4-c4ccccc43)c2)n1. The number of hydrogen-bond donors (Lipinski definition) is 0. The van der Waals surface area contributed by atoms with Crippen molar-refractivity contribution in [3.63, 3.8) is 0 Å². The van der Waals surface area contributed by atoms with Gasteiger partial charge < -0.3 is 4.57 Å². The van der Waals surface area contributed by atoms with Crippen LogP contribution in [-0.2, 0) is 5.41 Å². The van der Waals surface area contributed by atoms with E-state index in [-0.39, 0.29) is 0 Å². The second-order valence-corrected chi connectivity index (χ2v) is 14.8. The van der Waals surface area contributed by atoms with E-state index >= 15 is 0 Å². The molecule has 0 aliphatic heterocycles. The van der Waals surface area contributed by atoms with E-state index in [1.807, 2.05) is 55.5 Å².